The Hall–Kier alpha value is -1.08. The number of ether oxygens (including phenoxy) is 1. The van der Waals surface area contributed by atoms with Gasteiger partial charge >= 0.3 is 0 Å². The summed E-state index contributed by atoms with van der Waals surface area (Å²) in [6, 6.07) is 0.180. The van der Waals surface area contributed by atoms with Crippen LogP contribution in [0.5, 0.6) is 0 Å². The second-order valence-electron chi connectivity index (χ2n) is 4.69. The zero-order valence-electron chi connectivity index (χ0n) is 11.9. The highest BCUT2D eigenvalue weighted by Crippen LogP contribution is 2.14. The van der Waals surface area contributed by atoms with E-state index in [-0.39, 0.29) is 11.9 Å². The molecular weight excluding hydrogens is 264 g/mol. The maximum absolute atomic E-state index is 11.8. The topological polar surface area (TPSA) is 69.0 Å². The van der Waals surface area contributed by atoms with Crippen LogP contribution in [0.15, 0.2) is 11.5 Å². The van der Waals surface area contributed by atoms with Crippen LogP contribution in [-0.4, -0.2) is 46.2 Å². The summed E-state index contributed by atoms with van der Waals surface area (Å²) in [7, 11) is 1.65. The first kappa shape index (κ1) is 16.0. The molecule has 0 aromatic carbocycles. The molecule has 0 aliphatic rings. The Kier molecular flexibility index (Phi) is 6.86. The van der Waals surface area contributed by atoms with E-state index in [1.54, 1.807) is 13.4 Å². The molecule has 1 heterocycles. The molecule has 0 aliphatic heterocycles. The Morgan fingerprint density at radius 3 is 2.89 bits per heavy atom. The highest BCUT2D eigenvalue weighted by Gasteiger charge is 2.12. The molecule has 6 nitrogen and oxygen atoms in total. The van der Waals surface area contributed by atoms with Gasteiger partial charge in [0.1, 0.15) is 6.33 Å². The number of rotatable bonds is 8. The summed E-state index contributed by atoms with van der Waals surface area (Å²) < 4.78 is 6.89. The van der Waals surface area contributed by atoms with Gasteiger partial charge in [0.25, 0.3) is 0 Å². The number of methoxy groups -OCH3 is 1. The van der Waals surface area contributed by atoms with Crippen LogP contribution in [0.4, 0.5) is 0 Å². The summed E-state index contributed by atoms with van der Waals surface area (Å²) in [5, 5.41) is 11.5. The van der Waals surface area contributed by atoms with Crippen LogP contribution < -0.4 is 5.32 Å². The van der Waals surface area contributed by atoms with Crippen molar-refractivity contribution in [1.82, 2.24) is 20.1 Å². The smallest absolute Gasteiger partial charge is 0.230 e. The first-order valence-corrected chi connectivity index (χ1v) is 7.32. The van der Waals surface area contributed by atoms with Crippen LogP contribution in [0.25, 0.3) is 0 Å². The maximum Gasteiger partial charge on any atom is 0.230 e. The Morgan fingerprint density at radius 2 is 2.26 bits per heavy atom. The summed E-state index contributed by atoms with van der Waals surface area (Å²) in [5.41, 5.74) is 0. The quantitative estimate of drug-likeness (QED) is 0.727. The highest BCUT2D eigenvalue weighted by atomic mass is 32.2. The van der Waals surface area contributed by atoms with Crippen LogP contribution >= 0.6 is 11.8 Å². The molecule has 108 valence electrons. The minimum Gasteiger partial charge on any atom is -0.383 e. The lowest BCUT2D eigenvalue weighted by molar-refractivity contribution is -0.119. The molecule has 0 saturated carbocycles. The number of nitrogens with one attached hydrogen (secondary N) is 1. The zero-order chi connectivity index (χ0) is 14.3. The summed E-state index contributed by atoms with van der Waals surface area (Å²) >= 11 is 1.39. The van der Waals surface area contributed by atoms with Gasteiger partial charge in [0.05, 0.1) is 12.4 Å². The largest absolute Gasteiger partial charge is 0.383 e. The molecule has 1 aromatic heterocycles. The molecule has 1 unspecified atom stereocenters. The third-order valence-corrected chi connectivity index (χ3v) is 3.82. The van der Waals surface area contributed by atoms with E-state index in [4.69, 9.17) is 4.74 Å². The number of amides is 1. The molecule has 0 fully saturated rings. The van der Waals surface area contributed by atoms with Crippen molar-refractivity contribution in [2.24, 2.45) is 5.92 Å². The Balaban J connectivity index is 2.39. The third kappa shape index (κ3) is 5.61. The van der Waals surface area contributed by atoms with E-state index in [1.807, 2.05) is 11.5 Å². The second-order valence-corrected chi connectivity index (χ2v) is 5.63. The molecule has 7 heteroatoms. The zero-order valence-corrected chi connectivity index (χ0v) is 12.7. The SMILES string of the molecule is COCCn1cnnc1SCC(=O)NC(C)C(C)C. The molecule has 0 bridgehead atoms. The molecule has 19 heavy (non-hydrogen) atoms. The van der Waals surface area contributed by atoms with E-state index in [1.165, 1.54) is 11.8 Å². The summed E-state index contributed by atoms with van der Waals surface area (Å²) in [6.45, 7) is 7.46. The summed E-state index contributed by atoms with van der Waals surface area (Å²) in [6.07, 6.45) is 1.65. The van der Waals surface area contributed by atoms with Gasteiger partial charge in [-0.1, -0.05) is 25.6 Å². The molecular formula is C12H22N4O2S. The van der Waals surface area contributed by atoms with Crippen molar-refractivity contribution >= 4 is 17.7 Å². The number of thioether (sulfide) groups is 1. The molecule has 0 radical (unpaired) electrons. The van der Waals surface area contributed by atoms with Gasteiger partial charge in [-0.05, 0) is 12.8 Å². The van der Waals surface area contributed by atoms with Gasteiger partial charge in [-0.3, -0.25) is 4.79 Å². The van der Waals surface area contributed by atoms with E-state index < -0.39 is 0 Å². The number of nitrogens with zero attached hydrogens (tertiary/aromatic N) is 3. The predicted molar refractivity (Wildman–Crippen MR) is 75.1 cm³/mol. The first-order valence-electron chi connectivity index (χ1n) is 6.33. The molecule has 1 atom stereocenters. The van der Waals surface area contributed by atoms with Crippen LogP contribution in [0.3, 0.4) is 0 Å². The molecule has 1 rings (SSSR count). The number of carbonyl (C=O) groups excluding carboxylic acids is 1. The van der Waals surface area contributed by atoms with E-state index in [0.29, 0.717) is 24.8 Å². The molecule has 1 aromatic rings. The fraction of sp³-hybridized carbons (Fsp3) is 0.750. The van der Waals surface area contributed by atoms with Gasteiger partial charge in [-0.2, -0.15) is 0 Å². The van der Waals surface area contributed by atoms with Gasteiger partial charge < -0.3 is 14.6 Å². The average molecular weight is 286 g/mol. The minimum absolute atomic E-state index is 0.0208. The Labute approximate surface area is 118 Å². The van der Waals surface area contributed by atoms with Crippen molar-refractivity contribution < 1.29 is 9.53 Å². The molecule has 0 aliphatic carbocycles. The Bertz CT molecular complexity index is 395. The fourth-order valence-corrected chi connectivity index (χ4v) is 2.04. The van der Waals surface area contributed by atoms with E-state index in [9.17, 15) is 4.79 Å². The monoisotopic (exact) mass is 286 g/mol. The van der Waals surface area contributed by atoms with Gasteiger partial charge in [-0.15, -0.1) is 10.2 Å². The van der Waals surface area contributed by atoms with Crippen LogP contribution in [-0.2, 0) is 16.1 Å². The first-order chi connectivity index (χ1) is 9.04. The predicted octanol–water partition coefficient (Wildman–Crippen LogP) is 1.18. The van der Waals surface area contributed by atoms with E-state index >= 15 is 0 Å². The summed E-state index contributed by atoms with van der Waals surface area (Å²) in [5.74, 6) is 0.801. The molecule has 1 N–H and O–H groups in total. The van der Waals surface area contributed by atoms with Gasteiger partial charge in [-0.25, -0.2) is 0 Å². The van der Waals surface area contributed by atoms with Crippen molar-refractivity contribution in [3.8, 4) is 0 Å². The van der Waals surface area contributed by atoms with Crippen LogP contribution in [0.1, 0.15) is 20.8 Å². The number of aromatic nitrogens is 3. The van der Waals surface area contributed by atoms with E-state index in [2.05, 4.69) is 29.4 Å². The standard InChI is InChI=1S/C12H22N4O2S/c1-9(2)10(3)14-11(17)7-19-12-15-13-8-16(12)5-6-18-4/h8-10H,5-7H2,1-4H3,(H,14,17). The van der Waals surface area contributed by atoms with Crippen molar-refractivity contribution in [2.45, 2.75) is 38.5 Å². The van der Waals surface area contributed by atoms with Crippen molar-refractivity contribution in [1.29, 1.82) is 0 Å². The molecule has 1 amide bonds. The highest BCUT2D eigenvalue weighted by molar-refractivity contribution is 7.99. The van der Waals surface area contributed by atoms with E-state index in [0.717, 1.165) is 5.16 Å². The third-order valence-electron chi connectivity index (χ3n) is 2.84. The minimum atomic E-state index is 0.0208. The Morgan fingerprint density at radius 1 is 1.53 bits per heavy atom. The average Bonchev–Trinajstić information content (AvgIpc) is 2.81. The lowest BCUT2D eigenvalue weighted by Gasteiger charge is -2.17. The fourth-order valence-electron chi connectivity index (χ4n) is 1.29. The van der Waals surface area contributed by atoms with Crippen LogP contribution in [0, 0.1) is 5.92 Å². The summed E-state index contributed by atoms with van der Waals surface area (Å²) in [4.78, 5) is 11.8. The van der Waals surface area contributed by atoms with Gasteiger partial charge in [0.15, 0.2) is 5.16 Å². The lowest BCUT2D eigenvalue weighted by atomic mass is 10.1. The van der Waals surface area contributed by atoms with Gasteiger partial charge in [0, 0.05) is 19.7 Å². The van der Waals surface area contributed by atoms with Gasteiger partial charge in [0.2, 0.25) is 5.91 Å². The maximum atomic E-state index is 11.8. The normalized spacial score (nSPS) is 12.7. The molecule has 0 spiro atoms. The van der Waals surface area contributed by atoms with Crippen molar-refractivity contribution in [3.05, 3.63) is 6.33 Å². The van der Waals surface area contributed by atoms with Crippen LogP contribution in [0.2, 0.25) is 0 Å². The molecule has 0 saturated heterocycles. The lowest BCUT2D eigenvalue weighted by Crippen LogP contribution is -2.37. The number of hydrogen-bond acceptors (Lipinski definition) is 5. The number of carbonyl (C=O) groups is 1. The number of hydrogen-bond donors (Lipinski definition) is 1. The second kappa shape index (κ2) is 8.16. The van der Waals surface area contributed by atoms with Crippen molar-refractivity contribution in [3.63, 3.8) is 0 Å². The van der Waals surface area contributed by atoms with Crippen molar-refractivity contribution in [2.75, 3.05) is 19.5 Å².